The Labute approximate surface area is 171 Å². The highest BCUT2D eigenvalue weighted by Gasteiger charge is 2.16. The van der Waals surface area contributed by atoms with Crippen molar-refractivity contribution >= 4 is 17.3 Å². The van der Waals surface area contributed by atoms with Gasteiger partial charge in [-0.25, -0.2) is 9.50 Å². The van der Waals surface area contributed by atoms with E-state index in [1.807, 2.05) is 33.9 Å². The van der Waals surface area contributed by atoms with Crippen molar-refractivity contribution in [2.24, 2.45) is 10.7 Å². The Bertz CT molecular complexity index is 1020. The maximum absolute atomic E-state index is 5.94. The fourth-order valence-corrected chi connectivity index (χ4v) is 4.03. The van der Waals surface area contributed by atoms with E-state index in [9.17, 15) is 0 Å². The number of fused-ring (bicyclic) bond motifs is 1. The number of allylic oxidation sites excluding steroid dienone is 1. The molecule has 0 saturated heterocycles. The molecule has 0 spiro atoms. The molecule has 0 radical (unpaired) electrons. The van der Waals surface area contributed by atoms with Crippen LogP contribution >= 0.6 is 0 Å². The molecule has 29 heavy (non-hydrogen) atoms. The Hall–Kier alpha value is -2.96. The molecule has 4 rings (SSSR count). The molecular formula is C22H29N7. The third-order valence-corrected chi connectivity index (χ3v) is 5.81. The monoisotopic (exact) mass is 391 g/mol. The summed E-state index contributed by atoms with van der Waals surface area (Å²) in [5, 5.41) is 9.02. The molecule has 0 bridgehead atoms. The Morgan fingerprint density at radius 3 is 2.76 bits per heavy atom. The molecule has 152 valence electrons. The number of nitrogens with two attached hydrogens (primary N) is 1. The quantitative estimate of drug-likeness (QED) is 0.610. The largest absolute Gasteiger partial charge is 0.404 e. The van der Waals surface area contributed by atoms with Crippen LogP contribution in [0.1, 0.15) is 64.1 Å². The van der Waals surface area contributed by atoms with Crippen molar-refractivity contribution in [3.8, 4) is 11.3 Å². The Morgan fingerprint density at radius 2 is 2.03 bits per heavy atom. The van der Waals surface area contributed by atoms with E-state index in [1.165, 1.54) is 12.8 Å². The summed E-state index contributed by atoms with van der Waals surface area (Å²) in [6.07, 6.45) is 18.0. The van der Waals surface area contributed by atoms with E-state index in [-0.39, 0.29) is 0 Å². The summed E-state index contributed by atoms with van der Waals surface area (Å²) in [5.74, 6) is 0. The van der Waals surface area contributed by atoms with E-state index in [0.29, 0.717) is 12.1 Å². The number of nitrogens with zero attached hydrogens (tertiary/aromatic N) is 6. The number of aliphatic imine (C=N–C) groups is 1. The minimum absolute atomic E-state index is 0.394. The van der Waals surface area contributed by atoms with Crippen LogP contribution in [-0.4, -0.2) is 36.6 Å². The van der Waals surface area contributed by atoms with Gasteiger partial charge in [0.15, 0.2) is 0 Å². The SMILES string of the molecule is CCC(CC)n1cc(-c2nc(C(C=NC3CCCC3)=CN)cn3nccc23)cn1. The van der Waals surface area contributed by atoms with Crippen molar-refractivity contribution in [2.75, 3.05) is 0 Å². The van der Waals surface area contributed by atoms with Crippen molar-refractivity contribution < 1.29 is 0 Å². The lowest BCUT2D eigenvalue weighted by molar-refractivity contribution is 0.428. The van der Waals surface area contributed by atoms with Crippen LogP contribution in [0, 0.1) is 0 Å². The van der Waals surface area contributed by atoms with E-state index in [2.05, 4.69) is 30.2 Å². The zero-order valence-electron chi connectivity index (χ0n) is 17.2. The molecule has 1 aliphatic carbocycles. The topological polar surface area (TPSA) is 86.4 Å². The van der Waals surface area contributed by atoms with Crippen LogP contribution in [0.25, 0.3) is 22.3 Å². The molecule has 0 amide bonds. The van der Waals surface area contributed by atoms with Crippen LogP contribution in [0.15, 0.2) is 42.0 Å². The van der Waals surface area contributed by atoms with Gasteiger partial charge in [-0.05, 0) is 31.7 Å². The first kappa shape index (κ1) is 19.4. The van der Waals surface area contributed by atoms with Crippen molar-refractivity contribution in [3.63, 3.8) is 0 Å². The molecule has 3 aromatic heterocycles. The second-order valence-electron chi connectivity index (χ2n) is 7.65. The van der Waals surface area contributed by atoms with Crippen LogP contribution in [0.4, 0.5) is 0 Å². The van der Waals surface area contributed by atoms with E-state index < -0.39 is 0 Å². The lowest BCUT2D eigenvalue weighted by Crippen LogP contribution is -2.06. The molecule has 0 atom stereocenters. The highest BCUT2D eigenvalue weighted by atomic mass is 15.3. The van der Waals surface area contributed by atoms with Crippen molar-refractivity contribution in [1.29, 1.82) is 0 Å². The van der Waals surface area contributed by atoms with E-state index >= 15 is 0 Å². The fourth-order valence-electron chi connectivity index (χ4n) is 4.03. The zero-order valence-corrected chi connectivity index (χ0v) is 17.2. The maximum atomic E-state index is 5.94. The summed E-state index contributed by atoms with van der Waals surface area (Å²) < 4.78 is 3.89. The lowest BCUT2D eigenvalue weighted by atomic mass is 10.1. The van der Waals surface area contributed by atoms with Gasteiger partial charge in [-0.3, -0.25) is 9.67 Å². The molecule has 2 N–H and O–H groups in total. The van der Waals surface area contributed by atoms with Crippen molar-refractivity contribution in [1.82, 2.24) is 24.4 Å². The molecule has 3 heterocycles. The molecule has 0 aromatic carbocycles. The third kappa shape index (κ3) is 3.95. The van der Waals surface area contributed by atoms with Gasteiger partial charge in [0.1, 0.15) is 0 Å². The molecule has 7 nitrogen and oxygen atoms in total. The number of rotatable bonds is 7. The summed E-state index contributed by atoms with van der Waals surface area (Å²) in [7, 11) is 0. The van der Waals surface area contributed by atoms with Crippen LogP contribution < -0.4 is 5.73 Å². The predicted molar refractivity (Wildman–Crippen MR) is 117 cm³/mol. The zero-order chi connectivity index (χ0) is 20.2. The van der Waals surface area contributed by atoms with Crippen molar-refractivity contribution in [2.45, 2.75) is 64.5 Å². The highest BCUT2D eigenvalue weighted by Crippen LogP contribution is 2.27. The summed E-state index contributed by atoms with van der Waals surface area (Å²) >= 11 is 0. The molecule has 1 aliphatic rings. The number of aromatic nitrogens is 5. The van der Waals surface area contributed by atoms with Crippen LogP contribution in [0.2, 0.25) is 0 Å². The van der Waals surface area contributed by atoms with Gasteiger partial charge in [0.05, 0.1) is 41.5 Å². The first-order valence-electron chi connectivity index (χ1n) is 10.6. The standard InChI is InChI=1S/C22H29N7/c1-3-19(4-2)28-14-17(13-26-28)22-21-9-10-25-29(21)15-20(27-22)16(11-23)12-24-18-7-5-6-8-18/h9-15,18-19H,3-8,23H2,1-2H3. The normalized spacial score (nSPS) is 16.0. The van der Waals surface area contributed by atoms with Gasteiger partial charge < -0.3 is 5.73 Å². The van der Waals surface area contributed by atoms with E-state index in [4.69, 9.17) is 15.7 Å². The first-order chi connectivity index (χ1) is 14.2. The molecule has 1 fully saturated rings. The smallest absolute Gasteiger partial charge is 0.0999 e. The van der Waals surface area contributed by atoms with E-state index in [1.54, 1.807) is 12.4 Å². The minimum Gasteiger partial charge on any atom is -0.404 e. The van der Waals surface area contributed by atoms with Gasteiger partial charge in [-0.15, -0.1) is 0 Å². The molecule has 7 heteroatoms. The maximum Gasteiger partial charge on any atom is 0.0999 e. The number of hydrogen-bond donors (Lipinski definition) is 1. The first-order valence-corrected chi connectivity index (χ1v) is 10.6. The molecular weight excluding hydrogens is 362 g/mol. The molecule has 3 aromatic rings. The predicted octanol–water partition coefficient (Wildman–Crippen LogP) is 4.27. The fraction of sp³-hybridized carbons (Fsp3) is 0.455. The average molecular weight is 392 g/mol. The number of hydrogen-bond acceptors (Lipinski definition) is 5. The van der Waals surface area contributed by atoms with Crippen LogP contribution in [0.3, 0.4) is 0 Å². The van der Waals surface area contributed by atoms with Crippen LogP contribution in [-0.2, 0) is 0 Å². The Morgan fingerprint density at radius 1 is 1.24 bits per heavy atom. The van der Waals surface area contributed by atoms with Gasteiger partial charge in [-0.1, -0.05) is 26.7 Å². The average Bonchev–Trinajstić information content (AvgIpc) is 3.50. The Kier molecular flexibility index (Phi) is 5.74. The minimum atomic E-state index is 0.394. The second kappa shape index (κ2) is 8.59. The third-order valence-electron chi connectivity index (χ3n) is 5.81. The van der Waals surface area contributed by atoms with E-state index in [0.717, 1.165) is 53.7 Å². The highest BCUT2D eigenvalue weighted by molar-refractivity contribution is 6.09. The van der Waals surface area contributed by atoms with Gasteiger partial charge >= 0.3 is 0 Å². The Balaban J connectivity index is 1.72. The van der Waals surface area contributed by atoms with Crippen molar-refractivity contribution in [3.05, 3.63) is 42.7 Å². The molecule has 1 saturated carbocycles. The van der Waals surface area contributed by atoms with Gasteiger partial charge in [0.2, 0.25) is 0 Å². The summed E-state index contributed by atoms with van der Waals surface area (Å²) in [6.45, 7) is 4.37. The summed E-state index contributed by atoms with van der Waals surface area (Å²) in [6, 6.07) is 2.76. The van der Waals surface area contributed by atoms with Gasteiger partial charge in [-0.2, -0.15) is 10.2 Å². The molecule has 0 aliphatic heterocycles. The van der Waals surface area contributed by atoms with Gasteiger partial charge in [0.25, 0.3) is 0 Å². The van der Waals surface area contributed by atoms with Gasteiger partial charge in [0, 0.05) is 35.8 Å². The molecule has 0 unspecified atom stereocenters. The van der Waals surface area contributed by atoms with Crippen LogP contribution in [0.5, 0.6) is 0 Å². The summed E-state index contributed by atoms with van der Waals surface area (Å²) in [4.78, 5) is 9.66. The summed E-state index contributed by atoms with van der Waals surface area (Å²) in [5.41, 5.74) is 10.3. The lowest BCUT2D eigenvalue weighted by Gasteiger charge is -2.12. The second-order valence-corrected chi connectivity index (χ2v) is 7.65.